The van der Waals surface area contributed by atoms with E-state index in [1.807, 2.05) is 0 Å². The Kier molecular flexibility index (Phi) is 4.72. The van der Waals surface area contributed by atoms with E-state index in [9.17, 15) is 4.79 Å². The van der Waals surface area contributed by atoms with Gasteiger partial charge >= 0.3 is 0 Å². The van der Waals surface area contributed by atoms with Crippen molar-refractivity contribution >= 4 is 5.78 Å². The molecule has 0 atom stereocenters. The quantitative estimate of drug-likeness (QED) is 0.537. The molecule has 0 N–H and O–H groups in total. The van der Waals surface area contributed by atoms with E-state index in [0.29, 0.717) is 5.78 Å². The maximum absolute atomic E-state index is 10.9. The largest absolute Gasteiger partial charge is 0.300 e. The predicted molar refractivity (Wildman–Crippen MR) is 92.2 cm³/mol. The normalized spacial score (nSPS) is 12.0. The third-order valence-electron chi connectivity index (χ3n) is 4.67. The van der Waals surface area contributed by atoms with Crippen molar-refractivity contribution in [3.8, 4) is 11.1 Å². The first-order chi connectivity index (χ1) is 10.8. The minimum absolute atomic E-state index is 0.318. The number of fused-ring (bicyclic) bond motifs is 3. The van der Waals surface area contributed by atoms with Gasteiger partial charge in [0.05, 0.1) is 0 Å². The highest BCUT2D eigenvalue weighted by molar-refractivity contribution is 5.77. The molecule has 1 nitrogen and oxygen atoms in total. The van der Waals surface area contributed by atoms with E-state index in [4.69, 9.17) is 0 Å². The summed E-state index contributed by atoms with van der Waals surface area (Å²) in [6.45, 7) is 1.69. The first-order valence-corrected chi connectivity index (χ1v) is 8.44. The topological polar surface area (TPSA) is 17.1 Å². The van der Waals surface area contributed by atoms with Crippen LogP contribution in [0.5, 0.6) is 0 Å². The van der Waals surface area contributed by atoms with Gasteiger partial charge in [0.15, 0.2) is 0 Å². The van der Waals surface area contributed by atoms with Crippen LogP contribution in [0.1, 0.15) is 55.7 Å². The van der Waals surface area contributed by atoms with Crippen molar-refractivity contribution < 1.29 is 4.79 Å². The number of benzene rings is 2. The molecule has 2 aromatic rings. The molecule has 0 saturated carbocycles. The van der Waals surface area contributed by atoms with Gasteiger partial charge in [-0.3, -0.25) is 0 Å². The van der Waals surface area contributed by atoms with Crippen molar-refractivity contribution in [2.75, 3.05) is 0 Å². The second-order valence-electron chi connectivity index (χ2n) is 6.39. The highest BCUT2D eigenvalue weighted by Crippen LogP contribution is 2.38. The molecule has 0 amide bonds. The van der Waals surface area contributed by atoms with Gasteiger partial charge in [0, 0.05) is 6.42 Å². The van der Waals surface area contributed by atoms with Gasteiger partial charge < -0.3 is 4.79 Å². The second-order valence-corrected chi connectivity index (χ2v) is 6.39. The van der Waals surface area contributed by atoms with E-state index < -0.39 is 0 Å². The molecule has 0 aliphatic heterocycles. The lowest BCUT2D eigenvalue weighted by Gasteiger charge is -2.08. The molecule has 0 spiro atoms. The van der Waals surface area contributed by atoms with Crippen molar-refractivity contribution in [3.63, 3.8) is 0 Å². The first-order valence-electron chi connectivity index (χ1n) is 8.44. The maximum atomic E-state index is 10.9. The fraction of sp³-hybridized carbons (Fsp3) is 0.381. The monoisotopic (exact) mass is 292 g/mol. The summed E-state index contributed by atoms with van der Waals surface area (Å²) in [6.07, 6.45) is 7.68. The van der Waals surface area contributed by atoms with Gasteiger partial charge in [-0.2, -0.15) is 0 Å². The van der Waals surface area contributed by atoms with E-state index in [1.54, 1.807) is 6.92 Å². The summed E-state index contributed by atoms with van der Waals surface area (Å²) in [5.74, 6) is 0.318. The molecule has 114 valence electrons. The van der Waals surface area contributed by atoms with Crippen LogP contribution in [0.2, 0.25) is 0 Å². The second kappa shape index (κ2) is 6.91. The number of hydrogen-bond acceptors (Lipinski definition) is 1. The van der Waals surface area contributed by atoms with E-state index >= 15 is 0 Å². The molecule has 0 saturated heterocycles. The standard InChI is InChI=1S/C21H24O/c1-16(22)9-4-2-3-5-10-17-12-8-14-20-19-13-7-6-11-18(19)15-21(17)20/h6-8,11-14H,2-5,9-10,15H2,1H3. The number of carbonyl (C=O) groups excluding carboxylic acids is 1. The van der Waals surface area contributed by atoms with Crippen LogP contribution < -0.4 is 0 Å². The molecule has 2 aromatic carbocycles. The highest BCUT2D eigenvalue weighted by Gasteiger charge is 2.19. The zero-order valence-electron chi connectivity index (χ0n) is 13.4. The minimum Gasteiger partial charge on any atom is -0.300 e. The smallest absolute Gasteiger partial charge is 0.129 e. The van der Waals surface area contributed by atoms with Gasteiger partial charge in [-0.25, -0.2) is 0 Å². The van der Waals surface area contributed by atoms with E-state index in [-0.39, 0.29) is 0 Å². The van der Waals surface area contributed by atoms with Gasteiger partial charge in [0.2, 0.25) is 0 Å². The summed E-state index contributed by atoms with van der Waals surface area (Å²) in [6, 6.07) is 15.5. The average Bonchev–Trinajstić information content (AvgIpc) is 2.90. The predicted octanol–water partition coefficient (Wildman–Crippen LogP) is 5.34. The summed E-state index contributed by atoms with van der Waals surface area (Å²) in [5.41, 5.74) is 7.37. The summed E-state index contributed by atoms with van der Waals surface area (Å²) in [4.78, 5) is 10.9. The summed E-state index contributed by atoms with van der Waals surface area (Å²) in [5, 5.41) is 0. The third kappa shape index (κ3) is 3.30. The summed E-state index contributed by atoms with van der Waals surface area (Å²) < 4.78 is 0. The molecule has 0 fully saturated rings. The zero-order chi connectivity index (χ0) is 15.4. The number of rotatable bonds is 7. The van der Waals surface area contributed by atoms with Crippen LogP contribution in [0.4, 0.5) is 0 Å². The Bertz CT molecular complexity index is 669. The van der Waals surface area contributed by atoms with Crippen LogP contribution in [0.3, 0.4) is 0 Å². The molecule has 0 bridgehead atoms. The number of carbonyl (C=O) groups is 1. The first kappa shape index (κ1) is 15.0. The zero-order valence-corrected chi connectivity index (χ0v) is 13.4. The molecular weight excluding hydrogens is 268 g/mol. The molecule has 3 rings (SSSR count). The molecule has 1 heteroatoms. The minimum atomic E-state index is 0.318. The van der Waals surface area contributed by atoms with E-state index in [0.717, 1.165) is 25.7 Å². The Morgan fingerprint density at radius 2 is 1.68 bits per heavy atom. The van der Waals surface area contributed by atoms with Gasteiger partial charge in [0.25, 0.3) is 0 Å². The fourth-order valence-corrected chi connectivity index (χ4v) is 3.50. The molecule has 0 aromatic heterocycles. The lowest BCUT2D eigenvalue weighted by molar-refractivity contribution is -0.117. The maximum Gasteiger partial charge on any atom is 0.129 e. The van der Waals surface area contributed by atoms with Crippen molar-refractivity contribution in [3.05, 3.63) is 59.2 Å². The number of hydrogen-bond donors (Lipinski definition) is 0. The lowest BCUT2D eigenvalue weighted by Crippen LogP contribution is -1.94. The summed E-state index contributed by atoms with van der Waals surface area (Å²) in [7, 11) is 0. The van der Waals surface area contributed by atoms with E-state index in [2.05, 4.69) is 42.5 Å². The van der Waals surface area contributed by atoms with Crippen molar-refractivity contribution in [2.45, 2.75) is 51.9 Å². The van der Waals surface area contributed by atoms with Crippen molar-refractivity contribution in [1.29, 1.82) is 0 Å². The van der Waals surface area contributed by atoms with Gasteiger partial charge in [-0.1, -0.05) is 55.3 Å². The molecule has 0 unspecified atom stereocenters. The molecule has 1 aliphatic carbocycles. The Morgan fingerprint density at radius 3 is 2.55 bits per heavy atom. The number of aryl methyl sites for hydroxylation is 1. The SMILES string of the molecule is CC(=O)CCCCCCc1cccc2c1Cc1ccccc1-2. The van der Waals surface area contributed by atoms with Crippen LogP contribution in [-0.4, -0.2) is 5.78 Å². The average molecular weight is 292 g/mol. The Hall–Kier alpha value is -1.89. The number of Topliss-reactive ketones (excluding diaryl/α,β-unsaturated/α-hetero) is 1. The number of unbranched alkanes of at least 4 members (excludes halogenated alkanes) is 3. The Labute approximate surface area is 133 Å². The summed E-state index contributed by atoms with van der Waals surface area (Å²) >= 11 is 0. The molecule has 0 radical (unpaired) electrons. The van der Waals surface area contributed by atoms with Gasteiger partial charge in [0.1, 0.15) is 5.78 Å². The fourth-order valence-electron chi connectivity index (χ4n) is 3.50. The molecule has 0 heterocycles. The molecular formula is C21H24O. The van der Waals surface area contributed by atoms with Crippen molar-refractivity contribution in [1.82, 2.24) is 0 Å². The highest BCUT2D eigenvalue weighted by atomic mass is 16.1. The molecule has 1 aliphatic rings. The van der Waals surface area contributed by atoms with Crippen LogP contribution in [0.25, 0.3) is 11.1 Å². The van der Waals surface area contributed by atoms with Gasteiger partial charge in [-0.05, 0) is 60.4 Å². The lowest BCUT2D eigenvalue weighted by atomic mass is 9.97. The van der Waals surface area contributed by atoms with Gasteiger partial charge in [-0.15, -0.1) is 0 Å². The van der Waals surface area contributed by atoms with Crippen LogP contribution >= 0.6 is 0 Å². The van der Waals surface area contributed by atoms with Crippen LogP contribution in [0, 0.1) is 0 Å². The Balaban J connectivity index is 1.59. The van der Waals surface area contributed by atoms with Crippen LogP contribution in [0.15, 0.2) is 42.5 Å². The van der Waals surface area contributed by atoms with E-state index in [1.165, 1.54) is 47.1 Å². The van der Waals surface area contributed by atoms with Crippen LogP contribution in [-0.2, 0) is 17.6 Å². The Morgan fingerprint density at radius 1 is 0.909 bits per heavy atom. The third-order valence-corrected chi connectivity index (χ3v) is 4.67. The van der Waals surface area contributed by atoms with Crippen molar-refractivity contribution in [2.24, 2.45) is 0 Å². The number of ketones is 1. The molecule has 22 heavy (non-hydrogen) atoms.